The SMILES string of the molecule is CC(CN)CC(=O)C1CCCC1. The normalized spacial score (nSPS) is 21.2. The van der Waals surface area contributed by atoms with Crippen molar-refractivity contribution < 1.29 is 4.79 Å². The summed E-state index contributed by atoms with van der Waals surface area (Å²) in [6.45, 7) is 2.69. The number of carbonyl (C=O) groups is 1. The van der Waals surface area contributed by atoms with Gasteiger partial charge in [-0.2, -0.15) is 0 Å². The zero-order chi connectivity index (χ0) is 8.97. The van der Waals surface area contributed by atoms with Crippen molar-refractivity contribution in [3.8, 4) is 0 Å². The van der Waals surface area contributed by atoms with Gasteiger partial charge >= 0.3 is 0 Å². The van der Waals surface area contributed by atoms with Gasteiger partial charge in [0.15, 0.2) is 0 Å². The van der Waals surface area contributed by atoms with E-state index in [1.807, 2.05) is 6.92 Å². The van der Waals surface area contributed by atoms with Crippen LogP contribution in [0.3, 0.4) is 0 Å². The zero-order valence-corrected chi connectivity index (χ0v) is 7.88. The van der Waals surface area contributed by atoms with E-state index in [9.17, 15) is 4.79 Å². The van der Waals surface area contributed by atoms with Gasteiger partial charge in [-0.25, -0.2) is 0 Å². The van der Waals surface area contributed by atoms with Crippen LogP contribution in [0.15, 0.2) is 0 Å². The molecule has 0 aromatic heterocycles. The molecule has 1 unspecified atom stereocenters. The van der Waals surface area contributed by atoms with Gasteiger partial charge in [0, 0.05) is 12.3 Å². The summed E-state index contributed by atoms with van der Waals surface area (Å²) < 4.78 is 0. The molecule has 2 N–H and O–H groups in total. The van der Waals surface area contributed by atoms with Crippen LogP contribution in [-0.4, -0.2) is 12.3 Å². The Morgan fingerprint density at radius 2 is 2.08 bits per heavy atom. The van der Waals surface area contributed by atoms with Crippen molar-refractivity contribution >= 4 is 5.78 Å². The van der Waals surface area contributed by atoms with Crippen LogP contribution in [0, 0.1) is 11.8 Å². The van der Waals surface area contributed by atoms with Crippen LogP contribution < -0.4 is 5.73 Å². The number of rotatable bonds is 4. The minimum Gasteiger partial charge on any atom is -0.330 e. The van der Waals surface area contributed by atoms with E-state index < -0.39 is 0 Å². The lowest BCUT2D eigenvalue weighted by atomic mass is 9.94. The van der Waals surface area contributed by atoms with E-state index in [1.54, 1.807) is 0 Å². The third-order valence-corrected chi connectivity index (χ3v) is 2.76. The van der Waals surface area contributed by atoms with Gasteiger partial charge in [0.05, 0.1) is 0 Å². The molecule has 0 aliphatic heterocycles. The molecule has 0 spiro atoms. The molecule has 70 valence electrons. The molecule has 1 rings (SSSR count). The Morgan fingerprint density at radius 1 is 1.50 bits per heavy atom. The lowest BCUT2D eigenvalue weighted by molar-refractivity contribution is -0.123. The molecule has 12 heavy (non-hydrogen) atoms. The molecule has 0 saturated heterocycles. The first-order valence-electron chi connectivity index (χ1n) is 4.96. The number of ketones is 1. The molecular formula is C10H19NO. The molecule has 2 nitrogen and oxygen atoms in total. The summed E-state index contributed by atoms with van der Waals surface area (Å²) in [6, 6.07) is 0. The molecule has 1 saturated carbocycles. The minimum absolute atomic E-state index is 0.373. The summed E-state index contributed by atoms with van der Waals surface area (Å²) in [7, 11) is 0. The van der Waals surface area contributed by atoms with Crippen LogP contribution in [0.5, 0.6) is 0 Å². The summed E-state index contributed by atoms with van der Waals surface area (Å²) in [5.41, 5.74) is 5.47. The predicted octanol–water partition coefficient (Wildman–Crippen LogP) is 1.73. The molecule has 0 amide bonds. The lowest BCUT2D eigenvalue weighted by Gasteiger charge is -2.11. The molecule has 0 bridgehead atoms. The van der Waals surface area contributed by atoms with E-state index in [1.165, 1.54) is 12.8 Å². The lowest BCUT2D eigenvalue weighted by Crippen LogP contribution is -2.19. The average Bonchev–Trinajstić information content (AvgIpc) is 2.56. The van der Waals surface area contributed by atoms with Gasteiger partial charge in [0.25, 0.3) is 0 Å². The molecule has 0 aromatic rings. The molecule has 0 aromatic carbocycles. The van der Waals surface area contributed by atoms with Crippen LogP contribution >= 0.6 is 0 Å². The highest BCUT2D eigenvalue weighted by Gasteiger charge is 2.23. The quantitative estimate of drug-likeness (QED) is 0.696. The fourth-order valence-corrected chi connectivity index (χ4v) is 1.84. The van der Waals surface area contributed by atoms with Crippen molar-refractivity contribution in [3.63, 3.8) is 0 Å². The van der Waals surface area contributed by atoms with E-state index in [0.717, 1.165) is 12.8 Å². The number of nitrogens with two attached hydrogens (primary N) is 1. The maximum absolute atomic E-state index is 11.6. The maximum Gasteiger partial charge on any atom is 0.136 e. The van der Waals surface area contributed by atoms with E-state index in [4.69, 9.17) is 5.73 Å². The highest BCUT2D eigenvalue weighted by Crippen LogP contribution is 2.27. The topological polar surface area (TPSA) is 43.1 Å². The zero-order valence-electron chi connectivity index (χ0n) is 7.88. The second-order valence-electron chi connectivity index (χ2n) is 3.99. The second kappa shape index (κ2) is 4.61. The first-order chi connectivity index (χ1) is 5.74. The minimum atomic E-state index is 0.373. The van der Waals surface area contributed by atoms with Crippen LogP contribution in [0.25, 0.3) is 0 Å². The van der Waals surface area contributed by atoms with Crippen molar-refractivity contribution in [3.05, 3.63) is 0 Å². The van der Waals surface area contributed by atoms with Crippen molar-refractivity contribution in [2.24, 2.45) is 17.6 Å². The monoisotopic (exact) mass is 169 g/mol. The number of Topliss-reactive ketones (excluding diaryl/α,β-unsaturated/α-hetero) is 1. The molecule has 2 heteroatoms. The fourth-order valence-electron chi connectivity index (χ4n) is 1.84. The Labute approximate surface area is 74.5 Å². The highest BCUT2D eigenvalue weighted by molar-refractivity contribution is 5.81. The van der Waals surface area contributed by atoms with E-state index in [0.29, 0.717) is 30.6 Å². The van der Waals surface area contributed by atoms with E-state index in [2.05, 4.69) is 0 Å². The fraction of sp³-hybridized carbons (Fsp3) is 0.900. The van der Waals surface area contributed by atoms with Gasteiger partial charge in [0.1, 0.15) is 5.78 Å². The van der Waals surface area contributed by atoms with Gasteiger partial charge in [-0.3, -0.25) is 4.79 Å². The number of hydrogen-bond acceptors (Lipinski definition) is 2. The smallest absolute Gasteiger partial charge is 0.136 e. The summed E-state index contributed by atoms with van der Waals surface area (Å²) in [5, 5.41) is 0. The molecule has 0 radical (unpaired) electrons. The molecule has 1 aliphatic rings. The van der Waals surface area contributed by atoms with Crippen molar-refractivity contribution in [2.45, 2.75) is 39.0 Å². The Bertz CT molecular complexity index is 150. The third kappa shape index (κ3) is 2.59. The number of hydrogen-bond donors (Lipinski definition) is 1. The Kier molecular flexibility index (Phi) is 3.73. The van der Waals surface area contributed by atoms with Crippen molar-refractivity contribution in [1.29, 1.82) is 0 Å². The first kappa shape index (κ1) is 9.72. The standard InChI is InChI=1S/C10H19NO/c1-8(7-11)6-10(12)9-4-2-3-5-9/h8-9H,2-7,11H2,1H3. The van der Waals surface area contributed by atoms with Gasteiger partial charge in [-0.15, -0.1) is 0 Å². The molecule has 0 heterocycles. The summed E-state index contributed by atoms with van der Waals surface area (Å²) in [6.07, 6.45) is 5.42. The number of carbonyl (C=O) groups excluding carboxylic acids is 1. The van der Waals surface area contributed by atoms with Crippen molar-refractivity contribution in [1.82, 2.24) is 0 Å². The Balaban J connectivity index is 2.27. The average molecular weight is 169 g/mol. The van der Waals surface area contributed by atoms with E-state index >= 15 is 0 Å². The largest absolute Gasteiger partial charge is 0.330 e. The molecular weight excluding hydrogens is 150 g/mol. The summed E-state index contributed by atoms with van der Waals surface area (Å²) in [5.74, 6) is 1.20. The van der Waals surface area contributed by atoms with Crippen molar-refractivity contribution in [2.75, 3.05) is 6.54 Å². The molecule has 1 aliphatic carbocycles. The second-order valence-corrected chi connectivity index (χ2v) is 3.99. The third-order valence-electron chi connectivity index (χ3n) is 2.76. The summed E-state index contributed by atoms with van der Waals surface area (Å²) >= 11 is 0. The highest BCUT2D eigenvalue weighted by atomic mass is 16.1. The Morgan fingerprint density at radius 3 is 2.58 bits per heavy atom. The van der Waals surface area contributed by atoms with Crippen LogP contribution in [0.2, 0.25) is 0 Å². The van der Waals surface area contributed by atoms with Crippen LogP contribution in [0.4, 0.5) is 0 Å². The first-order valence-corrected chi connectivity index (χ1v) is 4.96. The van der Waals surface area contributed by atoms with Gasteiger partial charge in [-0.1, -0.05) is 19.8 Å². The van der Waals surface area contributed by atoms with Crippen LogP contribution in [-0.2, 0) is 4.79 Å². The molecule has 1 atom stereocenters. The van der Waals surface area contributed by atoms with Gasteiger partial charge in [-0.05, 0) is 25.3 Å². The van der Waals surface area contributed by atoms with E-state index in [-0.39, 0.29) is 0 Å². The predicted molar refractivity (Wildman–Crippen MR) is 49.8 cm³/mol. The van der Waals surface area contributed by atoms with Gasteiger partial charge < -0.3 is 5.73 Å². The summed E-state index contributed by atoms with van der Waals surface area (Å²) in [4.78, 5) is 11.6. The van der Waals surface area contributed by atoms with Crippen LogP contribution in [0.1, 0.15) is 39.0 Å². The van der Waals surface area contributed by atoms with Gasteiger partial charge in [0.2, 0.25) is 0 Å². The maximum atomic E-state index is 11.6. The molecule has 1 fully saturated rings. The Hall–Kier alpha value is -0.370.